The molecule has 7 nitrogen and oxygen atoms in total. The number of ether oxygens (including phenoxy) is 2. The second-order valence-electron chi connectivity index (χ2n) is 7.35. The summed E-state index contributed by atoms with van der Waals surface area (Å²) >= 11 is 0. The zero-order valence-corrected chi connectivity index (χ0v) is 16.8. The van der Waals surface area contributed by atoms with Crippen molar-refractivity contribution in [1.82, 2.24) is 4.57 Å². The molecule has 0 saturated carbocycles. The maximum atomic E-state index is 12.1. The second-order valence-corrected chi connectivity index (χ2v) is 7.35. The largest absolute Gasteiger partial charge is 0.494 e. The predicted molar refractivity (Wildman–Crippen MR) is 112 cm³/mol. The van der Waals surface area contributed by atoms with Gasteiger partial charge in [-0.2, -0.15) is 0 Å². The van der Waals surface area contributed by atoms with Crippen LogP contribution < -0.4 is 15.2 Å². The molecule has 0 spiro atoms. The molecule has 1 aliphatic carbocycles. The van der Waals surface area contributed by atoms with E-state index >= 15 is 0 Å². The topological polar surface area (TPSA) is 104 Å². The molecule has 0 fully saturated rings. The van der Waals surface area contributed by atoms with Crippen LogP contribution in [0.15, 0.2) is 42.5 Å². The second kappa shape index (κ2) is 8.10. The van der Waals surface area contributed by atoms with Crippen molar-refractivity contribution >= 4 is 22.8 Å². The third-order valence-corrected chi connectivity index (χ3v) is 5.46. The molecule has 1 amide bonds. The van der Waals surface area contributed by atoms with Gasteiger partial charge in [-0.15, -0.1) is 0 Å². The highest BCUT2D eigenvalue weighted by Crippen LogP contribution is 2.44. The summed E-state index contributed by atoms with van der Waals surface area (Å²) in [7, 11) is 0. The van der Waals surface area contributed by atoms with Crippen LogP contribution in [0.2, 0.25) is 0 Å². The minimum absolute atomic E-state index is 0.376. The van der Waals surface area contributed by atoms with E-state index in [-0.39, 0.29) is 5.91 Å². The highest BCUT2D eigenvalue weighted by molar-refractivity contribution is 5.97. The van der Waals surface area contributed by atoms with Crippen molar-refractivity contribution in [2.75, 3.05) is 13.2 Å². The number of benzene rings is 2. The van der Waals surface area contributed by atoms with Crippen molar-refractivity contribution in [3.63, 3.8) is 0 Å². The highest BCUT2D eigenvalue weighted by atomic mass is 16.5. The van der Waals surface area contributed by atoms with Crippen LogP contribution in [0.1, 0.15) is 36.1 Å². The van der Waals surface area contributed by atoms with Crippen LogP contribution in [0.3, 0.4) is 0 Å². The van der Waals surface area contributed by atoms with Gasteiger partial charge in [-0.25, -0.2) is 4.79 Å². The normalized spacial score (nSPS) is 15.2. The number of amides is 1. The summed E-state index contributed by atoms with van der Waals surface area (Å²) in [5, 5.41) is 9.81. The Kier molecular flexibility index (Phi) is 5.35. The van der Waals surface area contributed by atoms with E-state index in [0.29, 0.717) is 25.3 Å². The van der Waals surface area contributed by atoms with Crippen molar-refractivity contribution in [2.24, 2.45) is 5.73 Å². The molecule has 1 atom stereocenters. The van der Waals surface area contributed by atoms with E-state index in [9.17, 15) is 9.59 Å². The summed E-state index contributed by atoms with van der Waals surface area (Å²) in [5.41, 5.74) is 9.56. The number of carbonyl (C=O) groups is 2. The summed E-state index contributed by atoms with van der Waals surface area (Å²) < 4.78 is 13.4. The summed E-state index contributed by atoms with van der Waals surface area (Å²) in [6.07, 6.45) is 1.36. The molecule has 0 bridgehead atoms. The van der Waals surface area contributed by atoms with Crippen LogP contribution in [0, 0.1) is 0 Å². The van der Waals surface area contributed by atoms with E-state index in [0.717, 1.165) is 39.9 Å². The van der Waals surface area contributed by atoms with Crippen LogP contribution in [0.25, 0.3) is 10.9 Å². The molecule has 0 saturated heterocycles. The first-order valence-electron chi connectivity index (χ1n) is 9.99. The summed E-state index contributed by atoms with van der Waals surface area (Å²) in [6.45, 7) is 2.69. The first-order valence-corrected chi connectivity index (χ1v) is 9.99. The van der Waals surface area contributed by atoms with Gasteiger partial charge in [0.2, 0.25) is 5.91 Å². The molecule has 7 heteroatoms. The van der Waals surface area contributed by atoms with Crippen LogP contribution in [0.5, 0.6) is 11.5 Å². The van der Waals surface area contributed by atoms with Gasteiger partial charge in [0.15, 0.2) is 6.61 Å². The first-order chi connectivity index (χ1) is 14.5. The molecule has 30 heavy (non-hydrogen) atoms. The van der Waals surface area contributed by atoms with E-state index in [1.54, 1.807) is 6.07 Å². The Morgan fingerprint density at radius 2 is 2.00 bits per heavy atom. The van der Waals surface area contributed by atoms with Crippen molar-refractivity contribution in [2.45, 2.75) is 32.2 Å². The van der Waals surface area contributed by atoms with Gasteiger partial charge in [0.05, 0.1) is 18.0 Å². The fraction of sp³-hybridized carbons (Fsp3) is 0.304. The number of nitrogens with zero attached hydrogens (tertiary/aromatic N) is 1. The van der Waals surface area contributed by atoms with Crippen molar-refractivity contribution in [1.29, 1.82) is 0 Å². The number of rotatable bonds is 8. The van der Waals surface area contributed by atoms with Crippen molar-refractivity contribution in [3.8, 4) is 11.5 Å². The number of aliphatic carboxylic acids is 1. The molecule has 2 aromatic carbocycles. The Morgan fingerprint density at radius 3 is 2.73 bits per heavy atom. The van der Waals surface area contributed by atoms with Gasteiger partial charge >= 0.3 is 5.97 Å². The Bertz CT molecular complexity index is 1120. The molecule has 156 valence electrons. The molecule has 0 aliphatic heterocycles. The number of fused-ring (bicyclic) bond motifs is 3. The van der Waals surface area contributed by atoms with Gasteiger partial charge in [0, 0.05) is 17.6 Å². The van der Waals surface area contributed by atoms with Crippen LogP contribution in [-0.4, -0.2) is 34.8 Å². The van der Waals surface area contributed by atoms with E-state index in [1.165, 1.54) is 0 Å². The van der Waals surface area contributed by atoms with Gasteiger partial charge < -0.3 is 24.9 Å². The minimum Gasteiger partial charge on any atom is -0.494 e. The fourth-order valence-electron chi connectivity index (χ4n) is 4.33. The monoisotopic (exact) mass is 408 g/mol. The standard InChI is InChI=1S/C23H24N2O5/c1-2-29-15-6-3-5-14(11-15)12-25-17-7-4-8-19(30-13-20(26)27)22(17)21-16(23(24)28)9-10-18(21)25/h3-8,11,16H,2,9-10,12-13H2,1H3,(H2,24,28)(H,26,27). The van der Waals surface area contributed by atoms with Gasteiger partial charge in [-0.1, -0.05) is 18.2 Å². The molecule has 3 N–H and O–H groups in total. The van der Waals surface area contributed by atoms with E-state index in [2.05, 4.69) is 4.57 Å². The first kappa shape index (κ1) is 19.8. The van der Waals surface area contributed by atoms with Gasteiger partial charge in [-0.3, -0.25) is 4.79 Å². The lowest BCUT2D eigenvalue weighted by Gasteiger charge is -2.12. The Hall–Kier alpha value is -3.48. The molecule has 4 rings (SSSR count). The molecule has 0 radical (unpaired) electrons. The van der Waals surface area contributed by atoms with Gasteiger partial charge in [-0.05, 0) is 55.2 Å². The quantitative estimate of drug-likeness (QED) is 0.596. The third kappa shape index (κ3) is 3.58. The lowest BCUT2D eigenvalue weighted by molar-refractivity contribution is -0.139. The number of primary amides is 1. The fourth-order valence-corrected chi connectivity index (χ4v) is 4.33. The number of carboxylic acid groups (broad SMARTS) is 1. The zero-order chi connectivity index (χ0) is 21.3. The van der Waals surface area contributed by atoms with Crippen molar-refractivity contribution in [3.05, 3.63) is 59.3 Å². The highest BCUT2D eigenvalue weighted by Gasteiger charge is 2.34. The molecule has 1 aliphatic rings. The molecule has 1 unspecified atom stereocenters. The summed E-state index contributed by atoms with van der Waals surface area (Å²) in [4.78, 5) is 23.2. The van der Waals surface area contributed by atoms with Gasteiger partial charge in [0.1, 0.15) is 11.5 Å². The third-order valence-electron chi connectivity index (χ3n) is 5.46. The Labute approximate surface area is 174 Å². The molecule has 1 aromatic heterocycles. The zero-order valence-electron chi connectivity index (χ0n) is 16.8. The van der Waals surface area contributed by atoms with E-state index in [4.69, 9.17) is 20.3 Å². The average molecular weight is 408 g/mol. The van der Waals surface area contributed by atoms with Crippen LogP contribution >= 0.6 is 0 Å². The minimum atomic E-state index is -1.05. The molecule has 1 heterocycles. The predicted octanol–water partition coefficient (Wildman–Crippen LogP) is 3.07. The van der Waals surface area contributed by atoms with Crippen LogP contribution in [0.4, 0.5) is 0 Å². The summed E-state index contributed by atoms with van der Waals surface area (Å²) in [6, 6.07) is 13.5. The number of nitrogens with two attached hydrogens (primary N) is 1. The van der Waals surface area contributed by atoms with Gasteiger partial charge in [0.25, 0.3) is 0 Å². The number of aromatic nitrogens is 1. The maximum Gasteiger partial charge on any atom is 0.341 e. The number of hydrogen-bond acceptors (Lipinski definition) is 4. The van der Waals surface area contributed by atoms with Crippen molar-refractivity contribution < 1.29 is 24.2 Å². The Morgan fingerprint density at radius 1 is 1.20 bits per heavy atom. The lowest BCUT2D eigenvalue weighted by atomic mass is 9.99. The maximum absolute atomic E-state index is 12.1. The average Bonchev–Trinajstić information content (AvgIpc) is 3.27. The van der Waals surface area contributed by atoms with E-state index in [1.807, 2.05) is 43.3 Å². The smallest absolute Gasteiger partial charge is 0.341 e. The SMILES string of the molecule is CCOc1cccc(Cn2c3c(c4c(OCC(=O)O)cccc42)C(C(N)=O)CC3)c1. The Balaban J connectivity index is 1.84. The molecular formula is C23H24N2O5. The lowest BCUT2D eigenvalue weighted by Crippen LogP contribution is -2.19. The molecule has 3 aromatic rings. The van der Waals surface area contributed by atoms with Crippen LogP contribution in [-0.2, 0) is 22.6 Å². The van der Waals surface area contributed by atoms with E-state index < -0.39 is 18.5 Å². The number of carboxylic acids is 1. The number of carbonyl (C=O) groups excluding carboxylic acids is 1. The molecular weight excluding hydrogens is 384 g/mol. The number of hydrogen-bond donors (Lipinski definition) is 2. The summed E-state index contributed by atoms with van der Waals surface area (Å²) in [5.74, 6) is -0.570.